The third-order valence-corrected chi connectivity index (χ3v) is 3.27. The van der Waals surface area contributed by atoms with E-state index in [9.17, 15) is 4.79 Å². The molecule has 0 amide bonds. The average Bonchev–Trinajstić information content (AvgIpc) is 2.47. The number of ether oxygens (including phenoxy) is 2. The highest BCUT2D eigenvalue weighted by Gasteiger charge is 2.28. The van der Waals surface area contributed by atoms with Crippen molar-refractivity contribution in [1.29, 1.82) is 0 Å². The first-order chi connectivity index (χ1) is 9.29. The second-order valence-electron chi connectivity index (χ2n) is 4.70. The number of carbonyl (C=O) groups excluding carboxylic acids is 1. The molecule has 19 heavy (non-hydrogen) atoms. The van der Waals surface area contributed by atoms with Gasteiger partial charge in [0.05, 0.1) is 6.61 Å². The van der Waals surface area contributed by atoms with E-state index in [0.29, 0.717) is 25.7 Å². The Morgan fingerprint density at radius 1 is 1.42 bits per heavy atom. The Bertz CT molecular complexity index is 394. The fraction of sp³-hybridized carbons (Fsp3) is 0.533. The molecule has 0 spiro atoms. The molecule has 4 nitrogen and oxygen atoms in total. The first-order valence-corrected chi connectivity index (χ1v) is 6.85. The zero-order valence-electron chi connectivity index (χ0n) is 11.3. The van der Waals surface area contributed by atoms with Crippen molar-refractivity contribution in [2.45, 2.75) is 38.5 Å². The predicted octanol–water partition coefficient (Wildman–Crippen LogP) is 1.89. The van der Waals surface area contributed by atoms with E-state index in [4.69, 9.17) is 9.47 Å². The van der Waals surface area contributed by atoms with Gasteiger partial charge in [-0.15, -0.1) is 0 Å². The molecule has 0 aromatic heterocycles. The van der Waals surface area contributed by atoms with Crippen LogP contribution in [0.3, 0.4) is 0 Å². The van der Waals surface area contributed by atoms with Crippen LogP contribution in [0.4, 0.5) is 0 Å². The first kappa shape index (κ1) is 14.0. The lowest BCUT2D eigenvalue weighted by atomic mass is 10.0. The van der Waals surface area contributed by atoms with Crippen LogP contribution < -0.4 is 5.32 Å². The highest BCUT2D eigenvalue weighted by atomic mass is 16.6. The van der Waals surface area contributed by atoms with Crippen LogP contribution in [0.25, 0.3) is 0 Å². The van der Waals surface area contributed by atoms with Gasteiger partial charge in [0, 0.05) is 19.2 Å². The van der Waals surface area contributed by atoms with Crippen LogP contribution in [0.1, 0.15) is 25.3 Å². The van der Waals surface area contributed by atoms with Crippen LogP contribution in [-0.4, -0.2) is 31.3 Å². The molecule has 0 saturated carbocycles. The topological polar surface area (TPSA) is 47.6 Å². The van der Waals surface area contributed by atoms with Gasteiger partial charge in [-0.25, -0.2) is 4.79 Å². The summed E-state index contributed by atoms with van der Waals surface area (Å²) in [7, 11) is 0. The Hall–Kier alpha value is -1.39. The zero-order chi connectivity index (χ0) is 13.5. The summed E-state index contributed by atoms with van der Waals surface area (Å²) >= 11 is 0. The van der Waals surface area contributed by atoms with Crippen LogP contribution in [-0.2, 0) is 20.8 Å². The number of esters is 1. The second-order valence-corrected chi connectivity index (χ2v) is 4.70. The summed E-state index contributed by atoms with van der Waals surface area (Å²) in [5, 5.41) is 3.48. The van der Waals surface area contributed by atoms with E-state index in [1.165, 1.54) is 5.56 Å². The Kier molecular flexibility index (Phi) is 5.36. The first-order valence-electron chi connectivity index (χ1n) is 6.85. The molecule has 2 atom stereocenters. The second kappa shape index (κ2) is 7.26. The number of carbonyl (C=O) groups is 1. The molecule has 0 bridgehead atoms. The van der Waals surface area contributed by atoms with Gasteiger partial charge in [0.2, 0.25) is 0 Å². The molecule has 1 N–H and O–H groups in total. The van der Waals surface area contributed by atoms with Crippen LogP contribution >= 0.6 is 0 Å². The maximum atomic E-state index is 11.6. The van der Waals surface area contributed by atoms with E-state index in [2.05, 4.69) is 17.4 Å². The standard InChI is InChI=1S/C15H21NO3/c1-2-18-15(17)14-10-13(8-9-19-14)16-11-12-6-4-3-5-7-12/h3-7,13-14,16H,2,8-11H2,1H3. The van der Waals surface area contributed by atoms with Crippen molar-refractivity contribution in [3.63, 3.8) is 0 Å². The van der Waals surface area contributed by atoms with Crippen molar-refractivity contribution >= 4 is 5.97 Å². The van der Waals surface area contributed by atoms with Crippen LogP contribution in [0, 0.1) is 0 Å². The van der Waals surface area contributed by atoms with E-state index in [0.717, 1.165) is 13.0 Å². The molecule has 1 fully saturated rings. The van der Waals surface area contributed by atoms with Gasteiger partial charge in [-0.2, -0.15) is 0 Å². The fourth-order valence-electron chi connectivity index (χ4n) is 2.24. The third kappa shape index (κ3) is 4.33. The molecule has 1 aromatic rings. The van der Waals surface area contributed by atoms with Gasteiger partial charge < -0.3 is 14.8 Å². The number of rotatable bonds is 5. The molecule has 1 saturated heterocycles. The predicted molar refractivity (Wildman–Crippen MR) is 72.7 cm³/mol. The Labute approximate surface area is 114 Å². The Morgan fingerprint density at radius 2 is 2.21 bits per heavy atom. The van der Waals surface area contributed by atoms with Crippen LogP contribution in [0.15, 0.2) is 30.3 Å². The molecule has 1 aliphatic rings. The number of hydrogen-bond donors (Lipinski definition) is 1. The van der Waals surface area contributed by atoms with E-state index < -0.39 is 6.10 Å². The van der Waals surface area contributed by atoms with Gasteiger partial charge in [0.1, 0.15) is 0 Å². The van der Waals surface area contributed by atoms with Gasteiger partial charge in [0.25, 0.3) is 0 Å². The average molecular weight is 263 g/mol. The third-order valence-electron chi connectivity index (χ3n) is 3.27. The normalized spacial score (nSPS) is 23.0. The molecule has 1 aliphatic heterocycles. The van der Waals surface area contributed by atoms with Crippen LogP contribution in [0.5, 0.6) is 0 Å². The van der Waals surface area contributed by atoms with Gasteiger partial charge in [-0.1, -0.05) is 30.3 Å². The van der Waals surface area contributed by atoms with E-state index in [1.807, 2.05) is 25.1 Å². The minimum atomic E-state index is -0.415. The molecular weight excluding hydrogens is 242 g/mol. The van der Waals surface area contributed by atoms with Crippen molar-refractivity contribution in [2.75, 3.05) is 13.2 Å². The maximum absolute atomic E-state index is 11.6. The summed E-state index contributed by atoms with van der Waals surface area (Å²) in [5.41, 5.74) is 1.25. The lowest BCUT2D eigenvalue weighted by molar-refractivity contribution is -0.160. The summed E-state index contributed by atoms with van der Waals surface area (Å²) in [6.07, 6.45) is 1.20. The zero-order valence-corrected chi connectivity index (χ0v) is 11.3. The number of hydrogen-bond acceptors (Lipinski definition) is 4. The summed E-state index contributed by atoms with van der Waals surface area (Å²) < 4.78 is 10.5. The minimum absolute atomic E-state index is 0.242. The quantitative estimate of drug-likeness (QED) is 0.824. The molecule has 2 rings (SSSR count). The SMILES string of the molecule is CCOC(=O)C1CC(NCc2ccccc2)CCO1. The maximum Gasteiger partial charge on any atom is 0.335 e. The largest absolute Gasteiger partial charge is 0.464 e. The van der Waals surface area contributed by atoms with E-state index >= 15 is 0 Å². The summed E-state index contributed by atoms with van der Waals surface area (Å²) in [6, 6.07) is 10.6. The van der Waals surface area contributed by atoms with Crippen molar-refractivity contribution in [2.24, 2.45) is 0 Å². The molecule has 2 unspecified atom stereocenters. The highest BCUT2D eigenvalue weighted by Crippen LogP contribution is 2.15. The van der Waals surface area contributed by atoms with Gasteiger partial charge in [0.15, 0.2) is 6.10 Å². The van der Waals surface area contributed by atoms with Crippen molar-refractivity contribution in [3.05, 3.63) is 35.9 Å². The smallest absolute Gasteiger partial charge is 0.335 e. The van der Waals surface area contributed by atoms with Crippen LogP contribution in [0.2, 0.25) is 0 Å². The molecule has 0 aliphatic carbocycles. The Morgan fingerprint density at radius 3 is 2.95 bits per heavy atom. The van der Waals surface area contributed by atoms with Gasteiger partial charge >= 0.3 is 5.97 Å². The van der Waals surface area contributed by atoms with E-state index in [1.54, 1.807) is 0 Å². The highest BCUT2D eigenvalue weighted by molar-refractivity contribution is 5.74. The lowest BCUT2D eigenvalue weighted by Gasteiger charge is -2.28. The lowest BCUT2D eigenvalue weighted by Crippen LogP contribution is -2.42. The van der Waals surface area contributed by atoms with Gasteiger partial charge in [-0.05, 0) is 25.3 Å². The number of benzene rings is 1. The fourth-order valence-corrected chi connectivity index (χ4v) is 2.24. The summed E-state index contributed by atoms with van der Waals surface area (Å²) in [4.78, 5) is 11.6. The van der Waals surface area contributed by atoms with E-state index in [-0.39, 0.29) is 5.97 Å². The van der Waals surface area contributed by atoms with Gasteiger partial charge in [-0.3, -0.25) is 0 Å². The molecular formula is C15H21NO3. The van der Waals surface area contributed by atoms with Crippen molar-refractivity contribution < 1.29 is 14.3 Å². The molecule has 0 radical (unpaired) electrons. The summed E-state index contributed by atoms with van der Waals surface area (Å²) in [6.45, 7) is 3.64. The monoisotopic (exact) mass is 263 g/mol. The van der Waals surface area contributed by atoms with Crippen molar-refractivity contribution in [1.82, 2.24) is 5.32 Å². The molecule has 104 valence electrons. The van der Waals surface area contributed by atoms with Crippen molar-refractivity contribution in [3.8, 4) is 0 Å². The molecule has 4 heteroatoms. The molecule has 1 heterocycles. The Balaban J connectivity index is 1.79. The summed E-state index contributed by atoms with van der Waals surface area (Å²) in [5.74, 6) is -0.242. The molecule has 1 aromatic carbocycles. The minimum Gasteiger partial charge on any atom is -0.464 e. The number of nitrogens with one attached hydrogen (secondary N) is 1.